The molecule has 0 bridgehead atoms. The van der Waals surface area contributed by atoms with E-state index in [0.717, 1.165) is 5.56 Å². The topological polar surface area (TPSA) is 73.9 Å². The number of hydrogen-bond acceptors (Lipinski definition) is 5. The van der Waals surface area contributed by atoms with Crippen LogP contribution in [0.15, 0.2) is 48.5 Å². The number of amides is 1. The van der Waals surface area contributed by atoms with Crippen molar-refractivity contribution in [2.24, 2.45) is 0 Å². The van der Waals surface area contributed by atoms with Crippen LogP contribution in [0.3, 0.4) is 0 Å². The third-order valence-electron chi connectivity index (χ3n) is 3.48. The first-order valence-corrected chi connectivity index (χ1v) is 7.96. The van der Waals surface area contributed by atoms with Crippen molar-refractivity contribution in [2.75, 3.05) is 26.1 Å². The van der Waals surface area contributed by atoms with Crippen LogP contribution >= 0.6 is 0 Å². The van der Waals surface area contributed by atoms with Crippen LogP contribution in [-0.4, -0.2) is 32.7 Å². The van der Waals surface area contributed by atoms with E-state index in [2.05, 4.69) is 5.32 Å². The highest BCUT2D eigenvalue weighted by Crippen LogP contribution is 2.31. The molecule has 2 aromatic rings. The van der Waals surface area contributed by atoms with Crippen LogP contribution in [0.2, 0.25) is 0 Å². The summed E-state index contributed by atoms with van der Waals surface area (Å²) in [5.74, 6) is 0.0300. The van der Waals surface area contributed by atoms with Crippen molar-refractivity contribution < 1.29 is 23.8 Å². The lowest BCUT2D eigenvalue weighted by atomic mass is 10.1. The summed E-state index contributed by atoms with van der Waals surface area (Å²) in [6.07, 6.45) is 2.78. The molecule has 0 fully saturated rings. The quantitative estimate of drug-likeness (QED) is 0.610. The molecule has 0 saturated carbocycles. The van der Waals surface area contributed by atoms with Crippen LogP contribution in [0, 0.1) is 6.92 Å². The molecule has 26 heavy (non-hydrogen) atoms. The summed E-state index contributed by atoms with van der Waals surface area (Å²) in [6.45, 7) is 1.56. The van der Waals surface area contributed by atoms with Gasteiger partial charge < -0.3 is 19.5 Å². The lowest BCUT2D eigenvalue weighted by molar-refractivity contribution is -0.142. The molecule has 0 atom stereocenters. The Hall–Kier alpha value is -3.28. The highest BCUT2D eigenvalue weighted by Gasteiger charge is 2.09. The smallest absolute Gasteiger partial charge is 0.331 e. The van der Waals surface area contributed by atoms with Gasteiger partial charge in [0, 0.05) is 17.3 Å². The average Bonchev–Trinajstić information content (AvgIpc) is 2.64. The molecule has 0 aliphatic heterocycles. The maximum atomic E-state index is 11.8. The molecule has 1 N–H and O–H groups in total. The van der Waals surface area contributed by atoms with Gasteiger partial charge in [-0.15, -0.1) is 0 Å². The highest BCUT2D eigenvalue weighted by molar-refractivity contribution is 5.94. The SMILES string of the molecule is COc1cccc(/C=C/C(=O)OCC(=O)Nc2cccc(C)c2)c1OC. The van der Waals surface area contributed by atoms with E-state index in [-0.39, 0.29) is 6.61 Å². The zero-order valence-corrected chi connectivity index (χ0v) is 14.9. The first-order valence-electron chi connectivity index (χ1n) is 7.96. The molecule has 2 aromatic carbocycles. The second-order valence-electron chi connectivity index (χ2n) is 5.44. The number of ether oxygens (including phenoxy) is 3. The fourth-order valence-corrected chi connectivity index (χ4v) is 2.31. The van der Waals surface area contributed by atoms with E-state index in [9.17, 15) is 9.59 Å². The Labute approximate surface area is 152 Å². The van der Waals surface area contributed by atoms with E-state index >= 15 is 0 Å². The number of benzene rings is 2. The molecule has 0 saturated heterocycles. The number of carbonyl (C=O) groups excluding carboxylic acids is 2. The largest absolute Gasteiger partial charge is 0.493 e. The van der Waals surface area contributed by atoms with E-state index in [0.29, 0.717) is 22.7 Å². The highest BCUT2D eigenvalue weighted by atomic mass is 16.5. The molecule has 1 amide bonds. The van der Waals surface area contributed by atoms with E-state index < -0.39 is 11.9 Å². The Balaban J connectivity index is 1.90. The summed E-state index contributed by atoms with van der Waals surface area (Å²) < 4.78 is 15.4. The Bertz CT molecular complexity index is 814. The first-order chi connectivity index (χ1) is 12.5. The second-order valence-corrected chi connectivity index (χ2v) is 5.44. The van der Waals surface area contributed by atoms with Crippen molar-refractivity contribution in [1.82, 2.24) is 0 Å². The maximum Gasteiger partial charge on any atom is 0.331 e. The van der Waals surface area contributed by atoms with Gasteiger partial charge in [0.25, 0.3) is 5.91 Å². The fourth-order valence-electron chi connectivity index (χ4n) is 2.31. The van der Waals surface area contributed by atoms with Crippen LogP contribution in [0.5, 0.6) is 11.5 Å². The Morgan fingerprint density at radius 3 is 2.54 bits per heavy atom. The monoisotopic (exact) mass is 355 g/mol. The van der Waals surface area contributed by atoms with Crippen molar-refractivity contribution in [3.05, 3.63) is 59.7 Å². The standard InChI is InChI=1S/C20H21NO5/c1-14-6-4-8-16(12-14)21-18(22)13-26-19(23)11-10-15-7-5-9-17(24-2)20(15)25-3/h4-12H,13H2,1-3H3,(H,21,22)/b11-10+. The molecule has 0 aromatic heterocycles. The number of esters is 1. The van der Waals surface area contributed by atoms with E-state index in [1.54, 1.807) is 30.3 Å². The average molecular weight is 355 g/mol. The molecule has 0 unspecified atom stereocenters. The number of carbonyl (C=O) groups is 2. The van der Waals surface area contributed by atoms with Gasteiger partial charge in [-0.05, 0) is 36.8 Å². The molecule has 0 heterocycles. The van der Waals surface area contributed by atoms with Crippen molar-refractivity contribution in [3.8, 4) is 11.5 Å². The van der Waals surface area contributed by atoms with Crippen molar-refractivity contribution in [3.63, 3.8) is 0 Å². The second kappa shape index (κ2) is 9.27. The van der Waals surface area contributed by atoms with Crippen LogP contribution in [0.4, 0.5) is 5.69 Å². The molecule has 6 nitrogen and oxygen atoms in total. The lowest BCUT2D eigenvalue weighted by Crippen LogP contribution is -2.20. The first kappa shape index (κ1) is 19.1. The molecule has 0 spiro atoms. The van der Waals surface area contributed by atoms with Gasteiger partial charge in [0.05, 0.1) is 14.2 Å². The summed E-state index contributed by atoms with van der Waals surface area (Å²) in [5.41, 5.74) is 2.34. The number of methoxy groups -OCH3 is 2. The minimum atomic E-state index is -0.630. The summed E-state index contributed by atoms with van der Waals surface area (Å²) in [4.78, 5) is 23.7. The van der Waals surface area contributed by atoms with Gasteiger partial charge >= 0.3 is 5.97 Å². The summed E-state index contributed by atoms with van der Waals surface area (Å²) in [7, 11) is 3.05. The number of para-hydroxylation sites is 1. The molecule has 136 valence electrons. The van der Waals surface area contributed by atoms with Crippen molar-refractivity contribution in [2.45, 2.75) is 6.92 Å². The van der Waals surface area contributed by atoms with Crippen LogP contribution < -0.4 is 14.8 Å². The van der Waals surface area contributed by atoms with E-state index in [4.69, 9.17) is 14.2 Å². The molecule has 2 rings (SSSR count). The van der Waals surface area contributed by atoms with Gasteiger partial charge in [0.2, 0.25) is 0 Å². The number of nitrogens with one attached hydrogen (secondary N) is 1. The summed E-state index contributed by atoms with van der Waals surface area (Å²) >= 11 is 0. The fraction of sp³-hybridized carbons (Fsp3) is 0.200. The lowest BCUT2D eigenvalue weighted by Gasteiger charge is -2.09. The normalized spacial score (nSPS) is 10.4. The molecular weight excluding hydrogens is 334 g/mol. The third-order valence-corrected chi connectivity index (χ3v) is 3.48. The van der Waals surface area contributed by atoms with Gasteiger partial charge in [-0.25, -0.2) is 4.79 Å². The van der Waals surface area contributed by atoms with Gasteiger partial charge in [-0.3, -0.25) is 4.79 Å². The summed E-state index contributed by atoms with van der Waals surface area (Å²) in [5, 5.41) is 2.67. The van der Waals surface area contributed by atoms with Crippen molar-refractivity contribution >= 4 is 23.6 Å². The zero-order chi connectivity index (χ0) is 18.9. The van der Waals surface area contributed by atoms with Crippen molar-refractivity contribution in [1.29, 1.82) is 0 Å². The van der Waals surface area contributed by atoms with Gasteiger partial charge in [-0.2, -0.15) is 0 Å². The molecule has 0 radical (unpaired) electrons. The number of anilines is 1. The predicted octanol–water partition coefficient (Wildman–Crippen LogP) is 3.21. The van der Waals surface area contributed by atoms with Crippen LogP contribution in [0.1, 0.15) is 11.1 Å². The Kier molecular flexibility index (Phi) is 6.79. The molecule has 0 aliphatic rings. The third kappa shape index (κ3) is 5.37. The minimum Gasteiger partial charge on any atom is -0.493 e. The number of rotatable bonds is 7. The van der Waals surface area contributed by atoms with Gasteiger partial charge in [-0.1, -0.05) is 24.3 Å². The Morgan fingerprint density at radius 1 is 1.08 bits per heavy atom. The van der Waals surface area contributed by atoms with E-state index in [1.807, 2.05) is 25.1 Å². The number of aryl methyl sites for hydroxylation is 1. The van der Waals surface area contributed by atoms with Crippen LogP contribution in [0.25, 0.3) is 6.08 Å². The van der Waals surface area contributed by atoms with E-state index in [1.165, 1.54) is 20.3 Å². The van der Waals surface area contributed by atoms with Gasteiger partial charge in [0.15, 0.2) is 18.1 Å². The zero-order valence-electron chi connectivity index (χ0n) is 14.9. The summed E-state index contributed by atoms with van der Waals surface area (Å²) in [6, 6.07) is 12.7. The molecular formula is C20H21NO5. The number of hydrogen-bond donors (Lipinski definition) is 1. The molecule has 6 heteroatoms. The van der Waals surface area contributed by atoms with Gasteiger partial charge in [0.1, 0.15) is 0 Å². The van der Waals surface area contributed by atoms with Crippen LogP contribution in [-0.2, 0) is 14.3 Å². The molecule has 0 aliphatic carbocycles. The Morgan fingerprint density at radius 2 is 1.85 bits per heavy atom. The predicted molar refractivity (Wildman–Crippen MR) is 99.3 cm³/mol. The minimum absolute atomic E-state index is 0.369. The maximum absolute atomic E-state index is 11.8.